The molecule has 1 saturated carbocycles. The Morgan fingerprint density at radius 2 is 1.68 bits per heavy atom. The highest BCUT2D eigenvalue weighted by Crippen LogP contribution is 2.35. The van der Waals surface area contributed by atoms with Crippen LogP contribution >= 0.6 is 0 Å². The van der Waals surface area contributed by atoms with Crippen LogP contribution < -0.4 is 10.6 Å². The van der Waals surface area contributed by atoms with Crippen molar-refractivity contribution in [1.82, 2.24) is 15.5 Å². The van der Waals surface area contributed by atoms with Crippen LogP contribution in [0.5, 0.6) is 0 Å². The Hall–Kier alpha value is -3.09. The van der Waals surface area contributed by atoms with Gasteiger partial charge in [0.1, 0.15) is 5.82 Å². The summed E-state index contributed by atoms with van der Waals surface area (Å²) in [6, 6.07) is 13.7. The van der Waals surface area contributed by atoms with E-state index in [4.69, 9.17) is 5.11 Å². The molecule has 3 amide bonds. The molecule has 0 saturated heterocycles. The quantitative estimate of drug-likeness (QED) is 0.761. The third-order valence-corrected chi connectivity index (χ3v) is 5.52. The summed E-state index contributed by atoms with van der Waals surface area (Å²) >= 11 is 0. The van der Waals surface area contributed by atoms with Crippen molar-refractivity contribution in [3.63, 3.8) is 0 Å². The molecule has 0 aromatic heterocycles. The zero-order valence-electron chi connectivity index (χ0n) is 15.3. The average Bonchev–Trinajstić information content (AvgIpc) is 2.65. The van der Waals surface area contributed by atoms with Crippen LogP contribution in [-0.2, 0) is 6.42 Å². The van der Waals surface area contributed by atoms with E-state index in [-0.39, 0.29) is 30.0 Å². The standard InChI is InChI=1S/C21H22FN3O3/c22-15-7-5-14(6-8-15)19-18-4-2-1-3-13(18)9-10-25(19)20(26)23-16-11-17(12-16)24-21(27)28/h1-8,16-17,19,24H,9-12H2,(H,23,26)(H,27,28)/t16-,17-,19-/m0/s1. The van der Waals surface area contributed by atoms with Gasteiger partial charge in [0.15, 0.2) is 0 Å². The number of benzene rings is 2. The van der Waals surface area contributed by atoms with E-state index in [9.17, 15) is 14.0 Å². The number of halogens is 1. The Morgan fingerprint density at radius 3 is 2.39 bits per heavy atom. The number of fused-ring (bicyclic) bond motifs is 1. The largest absolute Gasteiger partial charge is 0.465 e. The summed E-state index contributed by atoms with van der Waals surface area (Å²) < 4.78 is 13.4. The van der Waals surface area contributed by atoms with Gasteiger partial charge in [-0.05, 0) is 48.1 Å². The molecule has 2 aliphatic rings. The monoisotopic (exact) mass is 383 g/mol. The lowest BCUT2D eigenvalue weighted by atomic mass is 9.86. The highest BCUT2D eigenvalue weighted by molar-refractivity contribution is 5.76. The first-order valence-electron chi connectivity index (χ1n) is 9.41. The fourth-order valence-electron chi connectivity index (χ4n) is 4.08. The fraction of sp³-hybridized carbons (Fsp3) is 0.333. The Balaban J connectivity index is 1.53. The van der Waals surface area contributed by atoms with Crippen molar-refractivity contribution in [1.29, 1.82) is 0 Å². The van der Waals surface area contributed by atoms with Crippen LogP contribution in [0.4, 0.5) is 14.0 Å². The number of carbonyl (C=O) groups is 2. The topological polar surface area (TPSA) is 81.7 Å². The first-order chi connectivity index (χ1) is 13.5. The zero-order valence-corrected chi connectivity index (χ0v) is 15.3. The van der Waals surface area contributed by atoms with Crippen LogP contribution in [-0.4, -0.2) is 40.8 Å². The molecule has 3 N–H and O–H groups in total. The lowest BCUT2D eigenvalue weighted by Crippen LogP contribution is -2.57. The summed E-state index contributed by atoms with van der Waals surface area (Å²) in [5.74, 6) is -0.310. The van der Waals surface area contributed by atoms with E-state index in [1.807, 2.05) is 18.2 Å². The molecule has 0 unspecified atom stereocenters. The predicted octanol–water partition coefficient (Wildman–Crippen LogP) is 3.28. The number of nitrogens with one attached hydrogen (secondary N) is 2. The Morgan fingerprint density at radius 1 is 1.00 bits per heavy atom. The van der Waals surface area contributed by atoms with Crippen molar-refractivity contribution >= 4 is 12.1 Å². The van der Waals surface area contributed by atoms with Gasteiger partial charge in [-0.25, -0.2) is 14.0 Å². The van der Waals surface area contributed by atoms with E-state index in [1.54, 1.807) is 17.0 Å². The molecule has 28 heavy (non-hydrogen) atoms. The molecule has 4 rings (SSSR count). The molecule has 7 heteroatoms. The molecule has 0 radical (unpaired) electrons. The minimum atomic E-state index is -1.04. The van der Waals surface area contributed by atoms with E-state index >= 15 is 0 Å². The Kier molecular flexibility index (Phi) is 4.90. The van der Waals surface area contributed by atoms with E-state index in [1.165, 1.54) is 17.7 Å². The average molecular weight is 383 g/mol. The second kappa shape index (κ2) is 7.50. The third-order valence-electron chi connectivity index (χ3n) is 5.52. The zero-order chi connectivity index (χ0) is 19.7. The fourth-order valence-corrected chi connectivity index (χ4v) is 4.08. The minimum Gasteiger partial charge on any atom is -0.465 e. The molecule has 0 bridgehead atoms. The molecule has 1 heterocycles. The van der Waals surface area contributed by atoms with E-state index in [0.29, 0.717) is 19.4 Å². The molecule has 6 nitrogen and oxygen atoms in total. The van der Waals surface area contributed by atoms with Crippen LogP contribution in [0.1, 0.15) is 35.6 Å². The molecule has 146 valence electrons. The highest BCUT2D eigenvalue weighted by atomic mass is 19.1. The smallest absolute Gasteiger partial charge is 0.404 e. The van der Waals surface area contributed by atoms with Crippen LogP contribution in [0, 0.1) is 5.82 Å². The highest BCUT2D eigenvalue weighted by Gasteiger charge is 2.36. The normalized spacial score (nSPS) is 23.3. The Labute approximate surface area is 162 Å². The number of carboxylic acid groups (broad SMARTS) is 1. The van der Waals surface area contributed by atoms with Crippen molar-refractivity contribution < 1.29 is 19.1 Å². The van der Waals surface area contributed by atoms with Gasteiger partial charge < -0.3 is 20.6 Å². The van der Waals surface area contributed by atoms with Gasteiger partial charge >= 0.3 is 12.1 Å². The summed E-state index contributed by atoms with van der Waals surface area (Å²) in [4.78, 5) is 25.5. The van der Waals surface area contributed by atoms with Crippen LogP contribution in [0.3, 0.4) is 0 Å². The lowest BCUT2D eigenvalue weighted by molar-refractivity contribution is 0.156. The van der Waals surface area contributed by atoms with Crippen molar-refractivity contribution in [2.24, 2.45) is 0 Å². The number of amides is 3. The minimum absolute atomic E-state index is 0.0459. The molecule has 1 fully saturated rings. The van der Waals surface area contributed by atoms with Gasteiger partial charge in [0.25, 0.3) is 0 Å². The van der Waals surface area contributed by atoms with Crippen molar-refractivity contribution in [2.45, 2.75) is 37.4 Å². The summed E-state index contributed by atoms with van der Waals surface area (Å²) in [7, 11) is 0. The SMILES string of the molecule is O=C(O)N[C@H]1C[C@H](NC(=O)N2CCc3ccccc3[C@@H]2c2ccc(F)cc2)C1. The number of hydrogen-bond acceptors (Lipinski definition) is 2. The molecule has 0 spiro atoms. The number of carbonyl (C=O) groups excluding carboxylic acids is 1. The van der Waals surface area contributed by atoms with Crippen LogP contribution in [0.25, 0.3) is 0 Å². The maximum Gasteiger partial charge on any atom is 0.404 e. The molecular weight excluding hydrogens is 361 g/mol. The van der Waals surface area contributed by atoms with Gasteiger partial charge in [-0.2, -0.15) is 0 Å². The molecule has 1 atom stereocenters. The van der Waals surface area contributed by atoms with Gasteiger partial charge in [0, 0.05) is 18.6 Å². The van der Waals surface area contributed by atoms with E-state index in [2.05, 4.69) is 16.7 Å². The van der Waals surface area contributed by atoms with Crippen molar-refractivity contribution in [3.05, 3.63) is 71.0 Å². The van der Waals surface area contributed by atoms with Gasteiger partial charge in [0.05, 0.1) is 6.04 Å². The molecular formula is C21H22FN3O3. The second-order valence-electron chi connectivity index (χ2n) is 7.36. The van der Waals surface area contributed by atoms with Gasteiger partial charge in [0.2, 0.25) is 0 Å². The van der Waals surface area contributed by atoms with Crippen LogP contribution in [0.15, 0.2) is 48.5 Å². The maximum absolute atomic E-state index is 13.4. The van der Waals surface area contributed by atoms with Crippen molar-refractivity contribution in [2.75, 3.05) is 6.54 Å². The molecule has 1 aliphatic heterocycles. The van der Waals surface area contributed by atoms with Gasteiger partial charge in [-0.3, -0.25) is 0 Å². The number of nitrogens with zero attached hydrogens (tertiary/aromatic N) is 1. The maximum atomic E-state index is 13.4. The molecule has 2 aromatic rings. The molecule has 1 aliphatic carbocycles. The predicted molar refractivity (Wildman–Crippen MR) is 102 cm³/mol. The third kappa shape index (κ3) is 3.65. The Bertz CT molecular complexity index is 881. The number of hydrogen-bond donors (Lipinski definition) is 3. The summed E-state index contributed by atoms with van der Waals surface area (Å²) in [5.41, 5.74) is 3.10. The van der Waals surface area contributed by atoms with Gasteiger partial charge in [-0.1, -0.05) is 36.4 Å². The first kappa shape index (κ1) is 18.3. The number of urea groups is 1. The first-order valence-corrected chi connectivity index (χ1v) is 9.41. The van der Waals surface area contributed by atoms with E-state index in [0.717, 1.165) is 17.5 Å². The van der Waals surface area contributed by atoms with E-state index < -0.39 is 6.09 Å². The van der Waals surface area contributed by atoms with Crippen LogP contribution in [0.2, 0.25) is 0 Å². The molecule has 2 aromatic carbocycles. The second-order valence-corrected chi connectivity index (χ2v) is 7.36. The summed E-state index contributed by atoms with van der Waals surface area (Å²) in [6.45, 7) is 0.564. The van der Waals surface area contributed by atoms with Crippen molar-refractivity contribution in [3.8, 4) is 0 Å². The summed E-state index contributed by atoms with van der Waals surface area (Å²) in [5, 5.41) is 14.2. The lowest BCUT2D eigenvalue weighted by Gasteiger charge is -2.41. The number of rotatable bonds is 3. The summed E-state index contributed by atoms with van der Waals surface area (Å²) in [6.07, 6.45) is 0.890. The van der Waals surface area contributed by atoms with Gasteiger partial charge in [-0.15, -0.1) is 0 Å².